The van der Waals surface area contributed by atoms with Gasteiger partial charge in [0.25, 0.3) is 0 Å². The monoisotopic (exact) mass is 386 g/mol. The Labute approximate surface area is 144 Å². The lowest BCUT2D eigenvalue weighted by Crippen LogP contribution is -2.34. The van der Waals surface area contributed by atoms with Gasteiger partial charge in [-0.2, -0.15) is 0 Å². The van der Waals surface area contributed by atoms with Gasteiger partial charge in [-0.15, -0.1) is 23.2 Å². The summed E-state index contributed by atoms with van der Waals surface area (Å²) in [5.41, 5.74) is 1.90. The van der Waals surface area contributed by atoms with Crippen molar-refractivity contribution in [2.75, 3.05) is 18.9 Å². The van der Waals surface area contributed by atoms with Gasteiger partial charge in [-0.25, -0.2) is 0 Å². The van der Waals surface area contributed by atoms with Crippen LogP contribution in [0.25, 0.3) is 0 Å². The molecule has 4 heteroatoms. The third-order valence-electron chi connectivity index (χ3n) is 3.68. The van der Waals surface area contributed by atoms with Crippen LogP contribution in [0, 0.1) is 0 Å². The molecule has 0 aliphatic carbocycles. The maximum atomic E-state index is 6.33. The van der Waals surface area contributed by atoms with Crippen molar-refractivity contribution >= 4 is 39.1 Å². The number of alkyl halides is 2. The third-order valence-corrected chi connectivity index (χ3v) is 5.39. The van der Waals surface area contributed by atoms with E-state index in [1.807, 2.05) is 36.4 Å². The molecule has 112 valence electrons. The zero-order valence-electron chi connectivity index (χ0n) is 11.8. The molecule has 0 saturated heterocycles. The summed E-state index contributed by atoms with van der Waals surface area (Å²) in [5.74, 6) is 1.75. The lowest BCUT2D eigenvalue weighted by atomic mass is 9.78. The van der Waals surface area contributed by atoms with Gasteiger partial charge in [-0.1, -0.05) is 52.3 Å². The molecule has 0 aliphatic rings. The van der Waals surface area contributed by atoms with Gasteiger partial charge in [0, 0.05) is 21.6 Å². The molecule has 0 unspecified atom stereocenters. The molecule has 2 aromatic rings. The number of benzene rings is 2. The molecule has 2 rings (SSSR count). The minimum absolute atomic E-state index is 0.335. The molecule has 0 amide bonds. The number of ether oxygens (including phenoxy) is 1. The standard InChI is InChI=1S/C17H17BrCl2O/c1-21-16-9-5-2-6-13(16)10-17(11-19,12-20)14-7-3-4-8-15(14)18/h2-9H,10-12H2,1H3. The van der Waals surface area contributed by atoms with Crippen LogP contribution in [-0.4, -0.2) is 18.9 Å². The summed E-state index contributed by atoms with van der Waals surface area (Å²) >= 11 is 16.3. The molecule has 0 aromatic heterocycles. The normalized spacial score (nSPS) is 11.4. The van der Waals surface area contributed by atoms with Gasteiger partial charge >= 0.3 is 0 Å². The summed E-state index contributed by atoms with van der Waals surface area (Å²) in [6, 6.07) is 16.1. The highest BCUT2D eigenvalue weighted by Gasteiger charge is 2.33. The van der Waals surface area contributed by atoms with Crippen molar-refractivity contribution in [3.63, 3.8) is 0 Å². The lowest BCUT2D eigenvalue weighted by Gasteiger charge is -2.32. The Kier molecular flexibility index (Phi) is 5.98. The molecule has 0 radical (unpaired) electrons. The minimum Gasteiger partial charge on any atom is -0.496 e. The number of halogens is 3. The molecular weight excluding hydrogens is 371 g/mol. The summed E-state index contributed by atoms with van der Waals surface area (Å²) in [6.45, 7) is 0. The van der Waals surface area contributed by atoms with E-state index in [-0.39, 0.29) is 5.41 Å². The molecule has 1 nitrogen and oxygen atoms in total. The van der Waals surface area contributed by atoms with Crippen molar-refractivity contribution in [3.05, 3.63) is 64.1 Å². The van der Waals surface area contributed by atoms with E-state index < -0.39 is 0 Å². The number of methoxy groups -OCH3 is 1. The van der Waals surface area contributed by atoms with Crippen LogP contribution in [0.5, 0.6) is 5.75 Å². The van der Waals surface area contributed by atoms with Gasteiger partial charge in [0.1, 0.15) is 5.75 Å². The first kappa shape index (κ1) is 16.7. The predicted octanol–water partition coefficient (Wildman–Crippen LogP) is 5.42. The second-order valence-corrected chi connectivity index (χ2v) is 6.40. The molecule has 21 heavy (non-hydrogen) atoms. The van der Waals surface area contributed by atoms with Crippen LogP contribution in [0.3, 0.4) is 0 Å². The van der Waals surface area contributed by atoms with Crippen molar-refractivity contribution in [2.45, 2.75) is 11.8 Å². The Morgan fingerprint density at radius 2 is 1.62 bits per heavy atom. The highest BCUT2D eigenvalue weighted by Crippen LogP contribution is 2.37. The number of para-hydroxylation sites is 1. The molecule has 0 spiro atoms. The van der Waals surface area contributed by atoms with Crippen molar-refractivity contribution in [2.24, 2.45) is 0 Å². The second-order valence-electron chi connectivity index (χ2n) is 5.02. The van der Waals surface area contributed by atoms with Crippen LogP contribution in [0.15, 0.2) is 53.0 Å². The highest BCUT2D eigenvalue weighted by molar-refractivity contribution is 9.10. The number of rotatable bonds is 6. The first-order chi connectivity index (χ1) is 10.2. The summed E-state index contributed by atoms with van der Waals surface area (Å²) in [4.78, 5) is 0. The summed E-state index contributed by atoms with van der Waals surface area (Å²) in [5, 5.41) is 0. The second kappa shape index (κ2) is 7.53. The molecule has 0 atom stereocenters. The van der Waals surface area contributed by atoms with Crippen LogP contribution in [0.2, 0.25) is 0 Å². The van der Waals surface area contributed by atoms with Crippen LogP contribution in [0.1, 0.15) is 11.1 Å². The summed E-state index contributed by atoms with van der Waals surface area (Å²) in [6.07, 6.45) is 0.729. The van der Waals surface area contributed by atoms with E-state index in [1.165, 1.54) is 0 Å². The summed E-state index contributed by atoms with van der Waals surface area (Å²) in [7, 11) is 1.68. The Morgan fingerprint density at radius 1 is 1.00 bits per heavy atom. The van der Waals surface area contributed by atoms with Gasteiger partial charge in [0.2, 0.25) is 0 Å². The van der Waals surface area contributed by atoms with Crippen molar-refractivity contribution < 1.29 is 4.74 Å². The quantitative estimate of drug-likeness (QED) is 0.601. The van der Waals surface area contributed by atoms with Crippen molar-refractivity contribution in [1.29, 1.82) is 0 Å². The van der Waals surface area contributed by atoms with Gasteiger partial charge in [-0.3, -0.25) is 0 Å². The molecule has 0 fully saturated rings. The van der Waals surface area contributed by atoms with Crippen LogP contribution in [-0.2, 0) is 11.8 Å². The molecule has 0 saturated carbocycles. The van der Waals surface area contributed by atoms with E-state index in [0.717, 1.165) is 27.8 Å². The molecular formula is C17H17BrCl2O. The average Bonchev–Trinajstić information content (AvgIpc) is 2.54. The zero-order valence-corrected chi connectivity index (χ0v) is 14.9. The third kappa shape index (κ3) is 3.56. The first-order valence-electron chi connectivity index (χ1n) is 6.65. The lowest BCUT2D eigenvalue weighted by molar-refractivity contribution is 0.403. The molecule has 0 bridgehead atoms. The molecule has 2 aromatic carbocycles. The van der Waals surface area contributed by atoms with E-state index in [1.54, 1.807) is 7.11 Å². The number of hydrogen-bond acceptors (Lipinski definition) is 1. The van der Waals surface area contributed by atoms with Crippen LogP contribution >= 0.6 is 39.1 Å². The van der Waals surface area contributed by atoms with Gasteiger partial charge in [-0.05, 0) is 29.7 Å². The van der Waals surface area contributed by atoms with Crippen LogP contribution in [0.4, 0.5) is 0 Å². The minimum atomic E-state index is -0.335. The Bertz CT molecular complexity index is 597. The van der Waals surface area contributed by atoms with Gasteiger partial charge in [0.15, 0.2) is 0 Å². The van der Waals surface area contributed by atoms with Crippen molar-refractivity contribution in [3.8, 4) is 5.75 Å². The predicted molar refractivity (Wildman–Crippen MR) is 94.0 cm³/mol. The fourth-order valence-electron chi connectivity index (χ4n) is 2.47. The molecule has 0 N–H and O–H groups in total. The van der Waals surface area contributed by atoms with E-state index >= 15 is 0 Å². The average molecular weight is 388 g/mol. The highest BCUT2D eigenvalue weighted by atomic mass is 79.9. The van der Waals surface area contributed by atoms with Gasteiger partial charge in [0.05, 0.1) is 7.11 Å². The van der Waals surface area contributed by atoms with E-state index in [9.17, 15) is 0 Å². The fraction of sp³-hybridized carbons (Fsp3) is 0.294. The Morgan fingerprint density at radius 3 is 2.24 bits per heavy atom. The Hall–Kier alpha value is -0.700. The maximum Gasteiger partial charge on any atom is 0.122 e. The Balaban J connectivity index is 2.46. The smallest absolute Gasteiger partial charge is 0.122 e. The molecule has 0 aliphatic heterocycles. The van der Waals surface area contributed by atoms with Crippen molar-refractivity contribution in [1.82, 2.24) is 0 Å². The fourth-order valence-corrected chi connectivity index (χ4v) is 3.94. The van der Waals surface area contributed by atoms with Crippen LogP contribution < -0.4 is 4.74 Å². The maximum absolute atomic E-state index is 6.33. The van der Waals surface area contributed by atoms with E-state index in [2.05, 4.69) is 28.1 Å². The van der Waals surface area contributed by atoms with E-state index in [0.29, 0.717) is 11.8 Å². The molecule has 0 heterocycles. The zero-order chi connectivity index (χ0) is 15.3. The SMILES string of the molecule is COc1ccccc1CC(CCl)(CCl)c1ccccc1Br. The summed E-state index contributed by atoms with van der Waals surface area (Å²) < 4.78 is 6.48. The topological polar surface area (TPSA) is 9.23 Å². The first-order valence-corrected chi connectivity index (χ1v) is 8.52. The largest absolute Gasteiger partial charge is 0.496 e. The van der Waals surface area contributed by atoms with E-state index in [4.69, 9.17) is 27.9 Å². The van der Waals surface area contributed by atoms with Gasteiger partial charge < -0.3 is 4.74 Å². The number of hydrogen-bond donors (Lipinski definition) is 0.